The number of rotatable bonds is 4. The lowest BCUT2D eigenvalue weighted by Crippen LogP contribution is -2.56. The summed E-state index contributed by atoms with van der Waals surface area (Å²) in [4.78, 5) is 38.0. The number of amides is 3. The van der Waals surface area contributed by atoms with Crippen molar-refractivity contribution in [2.45, 2.75) is 32.9 Å². The van der Waals surface area contributed by atoms with Crippen molar-refractivity contribution in [2.24, 2.45) is 0 Å². The van der Waals surface area contributed by atoms with Gasteiger partial charge in [0, 0.05) is 32.2 Å². The first-order valence-corrected chi connectivity index (χ1v) is 9.62. The third kappa shape index (κ3) is 4.10. The Kier molecular flexibility index (Phi) is 5.67. The molecule has 140 valence electrons. The van der Waals surface area contributed by atoms with E-state index in [1.54, 1.807) is 17.7 Å². The fourth-order valence-electron chi connectivity index (χ4n) is 3.03. The molecule has 1 unspecified atom stereocenters. The van der Waals surface area contributed by atoms with Crippen LogP contribution >= 0.6 is 11.3 Å². The normalized spacial score (nSPS) is 16.7. The Morgan fingerprint density at radius 2 is 1.88 bits per heavy atom. The van der Waals surface area contributed by atoms with Crippen LogP contribution in [0.15, 0.2) is 17.8 Å². The molecule has 3 amide bonds. The molecule has 2 aromatic heterocycles. The standard InChI is InChI=1S/C17H24N6O2S/c1-11(2)20-17(25)21-15(24)12(3)22-5-7-23(8-6-22)14-13-4-9-26-16(13)19-10-18-14/h4,9-12H,5-8H2,1-3H3,(H2,20,21,24,25). The topological polar surface area (TPSA) is 90.5 Å². The molecule has 2 N–H and O–H groups in total. The molecule has 0 bridgehead atoms. The highest BCUT2D eigenvalue weighted by Crippen LogP contribution is 2.27. The van der Waals surface area contributed by atoms with E-state index in [1.807, 2.05) is 32.2 Å². The lowest BCUT2D eigenvalue weighted by Gasteiger charge is -2.38. The highest BCUT2D eigenvalue weighted by Gasteiger charge is 2.27. The van der Waals surface area contributed by atoms with Crippen LogP contribution in [-0.4, -0.2) is 65.1 Å². The number of piperazine rings is 1. The van der Waals surface area contributed by atoms with Crippen LogP contribution in [-0.2, 0) is 4.79 Å². The maximum Gasteiger partial charge on any atom is 0.321 e. The maximum absolute atomic E-state index is 12.3. The SMILES string of the molecule is CC(C)NC(=O)NC(=O)C(C)N1CCN(c2ncnc3sccc23)CC1. The summed E-state index contributed by atoms with van der Waals surface area (Å²) in [6.07, 6.45) is 1.60. The van der Waals surface area contributed by atoms with E-state index in [-0.39, 0.29) is 18.0 Å². The molecule has 0 radical (unpaired) electrons. The summed E-state index contributed by atoms with van der Waals surface area (Å²) in [7, 11) is 0. The van der Waals surface area contributed by atoms with Crippen molar-refractivity contribution in [2.75, 3.05) is 31.1 Å². The van der Waals surface area contributed by atoms with E-state index in [4.69, 9.17) is 0 Å². The van der Waals surface area contributed by atoms with Crippen LogP contribution in [0.25, 0.3) is 10.2 Å². The molecule has 3 heterocycles. The van der Waals surface area contributed by atoms with Crippen LogP contribution in [0.5, 0.6) is 0 Å². The zero-order valence-corrected chi connectivity index (χ0v) is 16.0. The predicted octanol–water partition coefficient (Wildman–Crippen LogP) is 1.44. The summed E-state index contributed by atoms with van der Waals surface area (Å²) in [6, 6.07) is 1.23. The monoisotopic (exact) mass is 376 g/mol. The Balaban J connectivity index is 1.57. The molecule has 1 saturated heterocycles. The number of nitrogens with one attached hydrogen (secondary N) is 2. The summed E-state index contributed by atoms with van der Waals surface area (Å²) in [5.74, 6) is 0.670. The van der Waals surface area contributed by atoms with Crippen molar-refractivity contribution >= 4 is 39.3 Å². The molecule has 1 aliphatic rings. The number of urea groups is 1. The van der Waals surface area contributed by atoms with Gasteiger partial charge in [-0.3, -0.25) is 15.0 Å². The van der Waals surface area contributed by atoms with E-state index in [0.717, 1.165) is 42.2 Å². The molecular weight excluding hydrogens is 352 g/mol. The third-order valence-electron chi connectivity index (χ3n) is 4.44. The van der Waals surface area contributed by atoms with Crippen LogP contribution in [0.2, 0.25) is 0 Å². The number of aromatic nitrogens is 2. The van der Waals surface area contributed by atoms with E-state index in [0.29, 0.717) is 0 Å². The number of hydrogen-bond acceptors (Lipinski definition) is 7. The van der Waals surface area contributed by atoms with Gasteiger partial charge < -0.3 is 10.2 Å². The minimum Gasteiger partial charge on any atom is -0.353 e. The summed E-state index contributed by atoms with van der Waals surface area (Å²) in [5.41, 5.74) is 0. The van der Waals surface area contributed by atoms with Gasteiger partial charge in [0.25, 0.3) is 0 Å². The molecule has 3 rings (SSSR count). The second kappa shape index (κ2) is 7.96. The fourth-order valence-corrected chi connectivity index (χ4v) is 3.76. The number of carbonyl (C=O) groups excluding carboxylic acids is 2. The summed E-state index contributed by atoms with van der Waals surface area (Å²) >= 11 is 1.61. The molecule has 26 heavy (non-hydrogen) atoms. The van der Waals surface area contributed by atoms with E-state index < -0.39 is 6.03 Å². The Morgan fingerprint density at radius 1 is 1.15 bits per heavy atom. The lowest BCUT2D eigenvalue weighted by molar-refractivity contribution is -0.124. The van der Waals surface area contributed by atoms with Gasteiger partial charge in [0.15, 0.2) is 0 Å². The number of thiophene rings is 1. The fraction of sp³-hybridized carbons (Fsp3) is 0.529. The summed E-state index contributed by atoms with van der Waals surface area (Å²) in [5, 5.41) is 8.17. The average molecular weight is 376 g/mol. The third-order valence-corrected chi connectivity index (χ3v) is 5.26. The van der Waals surface area contributed by atoms with Gasteiger partial charge in [-0.2, -0.15) is 0 Å². The second-order valence-corrected chi connectivity index (χ2v) is 7.55. The second-order valence-electron chi connectivity index (χ2n) is 6.65. The maximum atomic E-state index is 12.3. The van der Waals surface area contributed by atoms with Crippen molar-refractivity contribution in [1.82, 2.24) is 25.5 Å². The van der Waals surface area contributed by atoms with E-state index in [2.05, 4.69) is 30.4 Å². The number of fused-ring (bicyclic) bond motifs is 1. The highest BCUT2D eigenvalue weighted by atomic mass is 32.1. The summed E-state index contributed by atoms with van der Waals surface area (Å²) in [6.45, 7) is 8.55. The average Bonchev–Trinajstić information content (AvgIpc) is 3.09. The molecule has 0 aliphatic carbocycles. The molecule has 8 nitrogen and oxygen atoms in total. The summed E-state index contributed by atoms with van der Waals surface area (Å²) < 4.78 is 0. The number of anilines is 1. The molecule has 0 spiro atoms. The van der Waals surface area contributed by atoms with Crippen molar-refractivity contribution in [3.63, 3.8) is 0 Å². The lowest BCUT2D eigenvalue weighted by atomic mass is 10.2. The van der Waals surface area contributed by atoms with Crippen molar-refractivity contribution < 1.29 is 9.59 Å². The van der Waals surface area contributed by atoms with E-state index in [1.165, 1.54) is 0 Å². The van der Waals surface area contributed by atoms with Crippen LogP contribution in [0.1, 0.15) is 20.8 Å². The van der Waals surface area contributed by atoms with Crippen LogP contribution in [0, 0.1) is 0 Å². The van der Waals surface area contributed by atoms with Gasteiger partial charge in [-0.1, -0.05) is 0 Å². The molecule has 1 atom stereocenters. The Bertz CT molecular complexity index is 784. The van der Waals surface area contributed by atoms with Gasteiger partial charge in [-0.25, -0.2) is 14.8 Å². The quantitative estimate of drug-likeness (QED) is 0.839. The van der Waals surface area contributed by atoms with Crippen molar-refractivity contribution in [1.29, 1.82) is 0 Å². The smallest absolute Gasteiger partial charge is 0.321 e. The van der Waals surface area contributed by atoms with Gasteiger partial charge >= 0.3 is 6.03 Å². The van der Waals surface area contributed by atoms with Gasteiger partial charge in [0.2, 0.25) is 5.91 Å². The van der Waals surface area contributed by atoms with Crippen molar-refractivity contribution in [3.8, 4) is 0 Å². The minimum absolute atomic E-state index is 0.0107. The first kappa shape index (κ1) is 18.5. The first-order valence-electron chi connectivity index (χ1n) is 8.74. The molecule has 1 fully saturated rings. The van der Waals surface area contributed by atoms with Gasteiger partial charge in [-0.05, 0) is 32.2 Å². The molecule has 1 aliphatic heterocycles. The molecule has 9 heteroatoms. The Hall–Kier alpha value is -2.26. The Labute approximate surface area is 156 Å². The predicted molar refractivity (Wildman–Crippen MR) is 102 cm³/mol. The highest BCUT2D eigenvalue weighted by molar-refractivity contribution is 7.16. The van der Waals surface area contributed by atoms with E-state index in [9.17, 15) is 9.59 Å². The van der Waals surface area contributed by atoms with E-state index >= 15 is 0 Å². The first-order chi connectivity index (χ1) is 12.5. The van der Waals surface area contributed by atoms with Crippen LogP contribution in [0.3, 0.4) is 0 Å². The number of carbonyl (C=O) groups is 2. The van der Waals surface area contributed by atoms with Gasteiger partial charge in [-0.15, -0.1) is 11.3 Å². The van der Waals surface area contributed by atoms with Gasteiger partial charge in [0.1, 0.15) is 17.0 Å². The molecule has 0 aromatic carbocycles. The van der Waals surface area contributed by atoms with Crippen LogP contribution < -0.4 is 15.5 Å². The minimum atomic E-state index is -0.448. The molecule has 2 aromatic rings. The Morgan fingerprint density at radius 3 is 2.58 bits per heavy atom. The number of imide groups is 1. The van der Waals surface area contributed by atoms with Gasteiger partial charge in [0.05, 0.1) is 11.4 Å². The largest absolute Gasteiger partial charge is 0.353 e. The number of hydrogen-bond donors (Lipinski definition) is 2. The molecule has 0 saturated carbocycles. The zero-order chi connectivity index (χ0) is 18.7. The van der Waals surface area contributed by atoms with Crippen LogP contribution in [0.4, 0.5) is 10.6 Å². The molecular formula is C17H24N6O2S. The van der Waals surface area contributed by atoms with Crippen molar-refractivity contribution in [3.05, 3.63) is 17.8 Å². The number of nitrogens with zero attached hydrogens (tertiary/aromatic N) is 4. The zero-order valence-electron chi connectivity index (χ0n) is 15.2.